The molecule has 1 fully saturated rings. The summed E-state index contributed by atoms with van der Waals surface area (Å²) >= 11 is 0. The van der Waals surface area contributed by atoms with Crippen LogP contribution in [0.3, 0.4) is 0 Å². The lowest BCUT2D eigenvalue weighted by molar-refractivity contribution is -0.423. The van der Waals surface area contributed by atoms with Crippen molar-refractivity contribution in [2.24, 2.45) is 11.8 Å². The van der Waals surface area contributed by atoms with E-state index in [0.717, 1.165) is 38.5 Å². The molecule has 0 radical (unpaired) electrons. The van der Waals surface area contributed by atoms with Gasteiger partial charge in [0.1, 0.15) is 11.7 Å². The summed E-state index contributed by atoms with van der Waals surface area (Å²) in [5.41, 5.74) is -0.208. The van der Waals surface area contributed by atoms with E-state index in [4.69, 9.17) is 14.5 Å². The van der Waals surface area contributed by atoms with Gasteiger partial charge in [-0.25, -0.2) is 9.78 Å². The van der Waals surface area contributed by atoms with Gasteiger partial charge in [0.2, 0.25) is 0 Å². The van der Waals surface area contributed by atoms with E-state index < -0.39 is 0 Å². The molecule has 0 aromatic rings. The van der Waals surface area contributed by atoms with Gasteiger partial charge in [-0.05, 0) is 56.8 Å². The molecule has 0 aromatic heterocycles. The lowest BCUT2D eigenvalue weighted by Crippen LogP contribution is -2.45. The number of ether oxygens (including phenoxy) is 1. The van der Waals surface area contributed by atoms with Gasteiger partial charge in [-0.3, -0.25) is 4.79 Å². The summed E-state index contributed by atoms with van der Waals surface area (Å²) in [5, 5.41) is 0. The first kappa shape index (κ1) is 22.2. The Morgan fingerprint density at radius 3 is 2.64 bits per heavy atom. The predicted octanol–water partition coefficient (Wildman–Crippen LogP) is 5.61. The van der Waals surface area contributed by atoms with Gasteiger partial charge < -0.3 is 4.74 Å². The minimum absolute atomic E-state index is 0.187. The molecule has 1 aliphatic heterocycles. The van der Waals surface area contributed by atoms with Gasteiger partial charge in [0.15, 0.2) is 0 Å². The molecule has 4 heteroatoms. The topological polar surface area (TPSA) is 44.8 Å². The summed E-state index contributed by atoms with van der Waals surface area (Å²) in [6.45, 7) is 8.76. The predicted molar refractivity (Wildman–Crippen MR) is 101 cm³/mol. The van der Waals surface area contributed by atoms with Crippen LogP contribution in [0.25, 0.3) is 0 Å². The molecule has 4 atom stereocenters. The van der Waals surface area contributed by atoms with Crippen molar-refractivity contribution in [3.8, 4) is 0 Å². The van der Waals surface area contributed by atoms with E-state index in [0.29, 0.717) is 11.8 Å². The Morgan fingerprint density at radius 1 is 1.32 bits per heavy atom. The van der Waals surface area contributed by atoms with Crippen molar-refractivity contribution in [1.82, 2.24) is 0 Å². The van der Waals surface area contributed by atoms with Crippen LogP contribution in [0.2, 0.25) is 0 Å². The zero-order chi connectivity index (χ0) is 18.7. The molecule has 1 aliphatic rings. The van der Waals surface area contributed by atoms with Crippen LogP contribution in [-0.2, 0) is 19.3 Å². The monoisotopic (exact) mass is 354 g/mol. The van der Waals surface area contributed by atoms with Crippen LogP contribution in [-0.4, -0.2) is 24.8 Å². The minimum atomic E-state index is -0.232. The summed E-state index contributed by atoms with van der Waals surface area (Å²) in [4.78, 5) is 23.1. The fourth-order valence-electron chi connectivity index (χ4n) is 3.72. The van der Waals surface area contributed by atoms with Crippen LogP contribution >= 0.6 is 0 Å². The van der Waals surface area contributed by atoms with Crippen molar-refractivity contribution in [2.45, 2.75) is 97.2 Å². The van der Waals surface area contributed by atoms with Gasteiger partial charge in [-0.15, -0.1) is 0 Å². The number of esters is 1. The molecule has 1 rings (SSSR count). The third kappa shape index (κ3) is 7.10. The molecule has 25 heavy (non-hydrogen) atoms. The lowest BCUT2D eigenvalue weighted by Gasteiger charge is -2.42. The van der Waals surface area contributed by atoms with Crippen LogP contribution in [0.15, 0.2) is 12.2 Å². The van der Waals surface area contributed by atoms with Gasteiger partial charge in [-0.2, -0.15) is 0 Å². The maximum absolute atomic E-state index is 11.6. The van der Waals surface area contributed by atoms with Crippen molar-refractivity contribution in [1.29, 1.82) is 0 Å². The standard InChI is InChI=1S/C21H38O4/c1-6-10-12-17(7-2)13-11-14-21(9-4)16-18(8-3)19(24-25-21)15-20(22)23-5/h10,12,17-19H,6-9,11,13-16H2,1-5H3/b12-10+/t17?,18-,19-,21-/m0/s1. The summed E-state index contributed by atoms with van der Waals surface area (Å²) < 4.78 is 4.78. The maximum Gasteiger partial charge on any atom is 0.308 e. The number of carbonyl (C=O) groups is 1. The number of methoxy groups -OCH3 is 1. The highest BCUT2D eigenvalue weighted by atomic mass is 17.2. The van der Waals surface area contributed by atoms with Crippen LogP contribution < -0.4 is 0 Å². The second-order valence-corrected chi connectivity index (χ2v) is 7.30. The molecule has 0 aliphatic carbocycles. The van der Waals surface area contributed by atoms with Gasteiger partial charge in [0.05, 0.1) is 13.5 Å². The van der Waals surface area contributed by atoms with E-state index >= 15 is 0 Å². The highest BCUT2D eigenvalue weighted by Crippen LogP contribution is 2.40. The second kappa shape index (κ2) is 11.7. The highest BCUT2D eigenvalue weighted by molar-refractivity contribution is 5.69. The Balaban J connectivity index is 2.58. The third-order valence-corrected chi connectivity index (χ3v) is 5.65. The summed E-state index contributed by atoms with van der Waals surface area (Å²) in [7, 11) is 1.42. The third-order valence-electron chi connectivity index (χ3n) is 5.65. The quantitative estimate of drug-likeness (QED) is 0.275. The molecule has 0 spiro atoms. The second-order valence-electron chi connectivity index (χ2n) is 7.30. The molecule has 0 N–H and O–H groups in total. The van der Waals surface area contributed by atoms with Crippen molar-refractivity contribution in [3.63, 3.8) is 0 Å². The minimum Gasteiger partial charge on any atom is -0.469 e. The molecule has 0 aromatic carbocycles. The maximum atomic E-state index is 11.6. The molecular weight excluding hydrogens is 316 g/mol. The molecular formula is C21H38O4. The lowest BCUT2D eigenvalue weighted by atomic mass is 9.79. The molecule has 1 unspecified atom stereocenters. The van der Waals surface area contributed by atoms with Crippen LogP contribution in [0.1, 0.15) is 85.5 Å². The number of hydrogen-bond donors (Lipinski definition) is 0. The zero-order valence-corrected chi connectivity index (χ0v) is 16.9. The number of carbonyl (C=O) groups excluding carboxylic acids is 1. The Kier molecular flexibility index (Phi) is 10.4. The number of hydrogen-bond acceptors (Lipinski definition) is 4. The fraction of sp³-hybridized carbons (Fsp3) is 0.857. The molecule has 1 saturated heterocycles. The highest BCUT2D eigenvalue weighted by Gasteiger charge is 2.42. The van der Waals surface area contributed by atoms with E-state index in [-0.39, 0.29) is 24.1 Å². The van der Waals surface area contributed by atoms with Crippen LogP contribution in [0, 0.1) is 11.8 Å². The van der Waals surface area contributed by atoms with E-state index in [1.165, 1.54) is 20.0 Å². The molecule has 1 heterocycles. The van der Waals surface area contributed by atoms with E-state index in [1.807, 2.05) is 0 Å². The van der Waals surface area contributed by atoms with E-state index in [2.05, 4.69) is 39.8 Å². The first-order valence-corrected chi connectivity index (χ1v) is 10.1. The molecule has 0 amide bonds. The van der Waals surface area contributed by atoms with E-state index in [1.54, 1.807) is 0 Å². The Morgan fingerprint density at radius 2 is 2.08 bits per heavy atom. The van der Waals surface area contributed by atoms with Crippen molar-refractivity contribution in [3.05, 3.63) is 12.2 Å². The Labute approximate surface area is 154 Å². The van der Waals surface area contributed by atoms with Gasteiger partial charge in [-0.1, -0.05) is 46.3 Å². The normalized spacial score (nSPS) is 28.2. The molecule has 0 bridgehead atoms. The smallest absolute Gasteiger partial charge is 0.308 e. The Hall–Kier alpha value is -0.870. The van der Waals surface area contributed by atoms with Crippen molar-refractivity contribution in [2.75, 3.05) is 7.11 Å². The average molecular weight is 355 g/mol. The summed E-state index contributed by atoms with van der Waals surface area (Å²) in [5.74, 6) is 0.770. The summed E-state index contributed by atoms with van der Waals surface area (Å²) in [6.07, 6.45) is 13.2. The largest absolute Gasteiger partial charge is 0.469 e. The van der Waals surface area contributed by atoms with E-state index in [9.17, 15) is 4.79 Å². The zero-order valence-electron chi connectivity index (χ0n) is 16.9. The summed E-state index contributed by atoms with van der Waals surface area (Å²) in [6, 6.07) is 0. The number of rotatable bonds is 11. The van der Waals surface area contributed by atoms with Crippen LogP contribution in [0.4, 0.5) is 0 Å². The van der Waals surface area contributed by atoms with Crippen molar-refractivity contribution >= 4 is 5.97 Å². The Bertz CT molecular complexity index is 407. The molecule has 4 nitrogen and oxygen atoms in total. The van der Waals surface area contributed by atoms with Gasteiger partial charge in [0.25, 0.3) is 0 Å². The van der Waals surface area contributed by atoms with Crippen molar-refractivity contribution < 1.29 is 19.3 Å². The van der Waals surface area contributed by atoms with Gasteiger partial charge >= 0.3 is 5.97 Å². The number of allylic oxidation sites excluding steroid dienone is 2. The fourth-order valence-corrected chi connectivity index (χ4v) is 3.72. The average Bonchev–Trinajstić information content (AvgIpc) is 2.65. The van der Waals surface area contributed by atoms with Gasteiger partial charge in [0, 0.05) is 0 Å². The SMILES string of the molecule is CC/C=C/C(CC)CCC[C@@]1(CC)C[C@H](CC)[C@H](CC(=O)OC)OO1. The van der Waals surface area contributed by atoms with Crippen LogP contribution in [0.5, 0.6) is 0 Å². The molecule has 146 valence electrons. The first-order valence-electron chi connectivity index (χ1n) is 10.1. The first-order chi connectivity index (χ1) is 12.0. The molecule has 0 saturated carbocycles.